The molecule has 0 spiro atoms. The largest absolute Gasteiger partial charge is 0.372 e. The molecule has 0 unspecified atom stereocenters. The zero-order chi connectivity index (χ0) is 18.9. The molecule has 5 rings (SSSR count). The Hall–Kier alpha value is -2.37. The Balaban J connectivity index is 1.15. The van der Waals surface area contributed by atoms with Crippen LogP contribution in [-0.4, -0.2) is 48.1 Å². The first-order chi connectivity index (χ1) is 13.8. The fraction of sp³-hybridized carbons (Fsp3) is 0.435. The standard InChI is InChI=1S/C23H27N3O2/c27-23(24-21-7-5-19-15-28-16-20(19)13-21)26-11-9-25(10-12-26)22-8-6-17-3-1-2-4-18(17)14-22/h1-5,7,13,22H,6,8-12,14-16H2,(H,24,27)/t22-/m1/s1. The minimum atomic E-state index is 0.00695. The predicted molar refractivity (Wildman–Crippen MR) is 109 cm³/mol. The van der Waals surface area contributed by atoms with E-state index in [1.54, 1.807) is 0 Å². The summed E-state index contributed by atoms with van der Waals surface area (Å²) in [6.45, 7) is 4.81. The van der Waals surface area contributed by atoms with Gasteiger partial charge in [-0.2, -0.15) is 0 Å². The Kier molecular flexibility index (Phi) is 4.79. The van der Waals surface area contributed by atoms with Crippen LogP contribution in [0.5, 0.6) is 0 Å². The van der Waals surface area contributed by atoms with Gasteiger partial charge in [0, 0.05) is 37.9 Å². The predicted octanol–water partition coefficient (Wildman–Crippen LogP) is 3.42. The quantitative estimate of drug-likeness (QED) is 0.872. The summed E-state index contributed by atoms with van der Waals surface area (Å²) in [5, 5.41) is 3.06. The summed E-state index contributed by atoms with van der Waals surface area (Å²) in [5.74, 6) is 0. The van der Waals surface area contributed by atoms with E-state index in [4.69, 9.17) is 4.74 Å². The van der Waals surface area contributed by atoms with Gasteiger partial charge in [0.15, 0.2) is 0 Å². The first-order valence-corrected chi connectivity index (χ1v) is 10.3. The molecule has 1 atom stereocenters. The monoisotopic (exact) mass is 377 g/mol. The number of hydrogen-bond donors (Lipinski definition) is 1. The van der Waals surface area contributed by atoms with Crippen molar-refractivity contribution in [3.8, 4) is 0 Å². The van der Waals surface area contributed by atoms with Gasteiger partial charge in [-0.25, -0.2) is 4.79 Å². The summed E-state index contributed by atoms with van der Waals surface area (Å²) in [5.41, 5.74) is 6.28. The van der Waals surface area contributed by atoms with Crippen LogP contribution in [-0.2, 0) is 30.8 Å². The SMILES string of the molecule is O=C(Nc1ccc2c(c1)COC2)N1CCN([C@@H]2CCc3ccccc3C2)CC1. The second kappa shape index (κ2) is 7.57. The van der Waals surface area contributed by atoms with Crippen LogP contribution in [0.25, 0.3) is 0 Å². The first kappa shape index (κ1) is 17.7. The maximum Gasteiger partial charge on any atom is 0.321 e. The van der Waals surface area contributed by atoms with Crippen molar-refractivity contribution in [2.24, 2.45) is 0 Å². The number of ether oxygens (including phenoxy) is 1. The molecule has 28 heavy (non-hydrogen) atoms. The van der Waals surface area contributed by atoms with Gasteiger partial charge in [0.2, 0.25) is 0 Å². The zero-order valence-corrected chi connectivity index (χ0v) is 16.2. The van der Waals surface area contributed by atoms with Gasteiger partial charge in [0.05, 0.1) is 13.2 Å². The second-order valence-electron chi connectivity index (χ2n) is 8.09. The Morgan fingerprint density at radius 3 is 2.57 bits per heavy atom. The van der Waals surface area contributed by atoms with E-state index in [9.17, 15) is 4.79 Å². The van der Waals surface area contributed by atoms with E-state index < -0.39 is 0 Å². The molecule has 5 nitrogen and oxygen atoms in total. The van der Waals surface area contributed by atoms with Crippen LogP contribution >= 0.6 is 0 Å². The van der Waals surface area contributed by atoms with Crippen molar-refractivity contribution in [2.75, 3.05) is 31.5 Å². The number of carbonyl (C=O) groups excluding carboxylic acids is 1. The number of amides is 2. The van der Waals surface area contributed by atoms with E-state index in [1.807, 2.05) is 17.0 Å². The molecule has 1 aliphatic carbocycles. The molecule has 0 bridgehead atoms. The molecule has 2 aromatic carbocycles. The van der Waals surface area contributed by atoms with Gasteiger partial charge in [-0.15, -0.1) is 0 Å². The van der Waals surface area contributed by atoms with Crippen molar-refractivity contribution in [1.82, 2.24) is 9.80 Å². The first-order valence-electron chi connectivity index (χ1n) is 10.3. The van der Waals surface area contributed by atoms with Crippen LogP contribution in [0.15, 0.2) is 42.5 Å². The Labute approximate surface area is 166 Å². The summed E-state index contributed by atoms with van der Waals surface area (Å²) in [6, 6.07) is 15.5. The van der Waals surface area contributed by atoms with Gasteiger partial charge in [-0.05, 0) is 53.6 Å². The van der Waals surface area contributed by atoms with E-state index in [0.29, 0.717) is 19.3 Å². The molecule has 1 saturated heterocycles. The molecule has 0 saturated carbocycles. The summed E-state index contributed by atoms with van der Waals surface area (Å²) in [7, 11) is 0. The Morgan fingerprint density at radius 2 is 1.71 bits per heavy atom. The molecule has 1 N–H and O–H groups in total. The second-order valence-corrected chi connectivity index (χ2v) is 8.09. The van der Waals surface area contributed by atoms with Crippen molar-refractivity contribution in [3.63, 3.8) is 0 Å². The van der Waals surface area contributed by atoms with Crippen LogP contribution < -0.4 is 5.32 Å². The third kappa shape index (κ3) is 3.52. The van der Waals surface area contributed by atoms with E-state index in [-0.39, 0.29) is 6.03 Å². The average molecular weight is 377 g/mol. The van der Waals surface area contributed by atoms with Crippen molar-refractivity contribution in [2.45, 2.75) is 38.5 Å². The lowest BCUT2D eigenvalue weighted by atomic mass is 9.87. The highest BCUT2D eigenvalue weighted by atomic mass is 16.5. The number of nitrogens with one attached hydrogen (secondary N) is 1. The molecule has 146 valence electrons. The van der Waals surface area contributed by atoms with Crippen LogP contribution in [0, 0.1) is 0 Å². The third-order valence-electron chi connectivity index (χ3n) is 6.41. The maximum atomic E-state index is 12.7. The molecule has 2 amide bonds. The van der Waals surface area contributed by atoms with Crippen molar-refractivity contribution in [1.29, 1.82) is 0 Å². The van der Waals surface area contributed by atoms with Gasteiger partial charge in [0.25, 0.3) is 0 Å². The van der Waals surface area contributed by atoms with Crippen LogP contribution in [0.4, 0.5) is 10.5 Å². The molecule has 0 aromatic heterocycles. The van der Waals surface area contributed by atoms with Crippen molar-refractivity contribution in [3.05, 3.63) is 64.7 Å². The highest BCUT2D eigenvalue weighted by molar-refractivity contribution is 5.89. The minimum Gasteiger partial charge on any atom is -0.372 e. The smallest absolute Gasteiger partial charge is 0.321 e. The van der Waals surface area contributed by atoms with Gasteiger partial charge in [-0.3, -0.25) is 4.90 Å². The molecule has 0 radical (unpaired) electrons. The summed E-state index contributed by atoms with van der Waals surface area (Å²) >= 11 is 0. The summed E-state index contributed by atoms with van der Waals surface area (Å²) in [6.07, 6.45) is 3.53. The lowest BCUT2D eigenvalue weighted by Gasteiger charge is -2.41. The van der Waals surface area contributed by atoms with Gasteiger partial charge in [-0.1, -0.05) is 30.3 Å². The number of fused-ring (bicyclic) bond motifs is 2. The minimum absolute atomic E-state index is 0.00695. The summed E-state index contributed by atoms with van der Waals surface area (Å²) < 4.78 is 5.45. The highest BCUT2D eigenvalue weighted by Crippen LogP contribution is 2.26. The van der Waals surface area contributed by atoms with Gasteiger partial charge < -0.3 is 15.0 Å². The van der Waals surface area contributed by atoms with Crippen LogP contribution in [0.1, 0.15) is 28.7 Å². The number of rotatable bonds is 2. The zero-order valence-electron chi connectivity index (χ0n) is 16.2. The Morgan fingerprint density at radius 1 is 0.929 bits per heavy atom. The van der Waals surface area contributed by atoms with E-state index >= 15 is 0 Å². The highest BCUT2D eigenvalue weighted by Gasteiger charge is 2.28. The van der Waals surface area contributed by atoms with E-state index in [2.05, 4.69) is 40.5 Å². The number of piperazine rings is 1. The van der Waals surface area contributed by atoms with Gasteiger partial charge in [0.1, 0.15) is 0 Å². The maximum absolute atomic E-state index is 12.7. The van der Waals surface area contributed by atoms with Crippen LogP contribution in [0.2, 0.25) is 0 Å². The average Bonchev–Trinajstić information content (AvgIpc) is 3.21. The number of urea groups is 1. The normalized spacial score (nSPS) is 21.9. The molecule has 1 fully saturated rings. The number of anilines is 1. The van der Waals surface area contributed by atoms with Crippen molar-refractivity contribution >= 4 is 11.7 Å². The topological polar surface area (TPSA) is 44.8 Å². The number of benzene rings is 2. The van der Waals surface area contributed by atoms with E-state index in [1.165, 1.54) is 35.1 Å². The molecule has 5 heteroatoms. The number of hydrogen-bond acceptors (Lipinski definition) is 3. The van der Waals surface area contributed by atoms with Gasteiger partial charge >= 0.3 is 6.03 Å². The third-order valence-corrected chi connectivity index (χ3v) is 6.41. The molecular weight excluding hydrogens is 350 g/mol. The number of nitrogens with zero attached hydrogens (tertiary/aromatic N) is 2. The van der Waals surface area contributed by atoms with Crippen molar-refractivity contribution < 1.29 is 9.53 Å². The lowest BCUT2D eigenvalue weighted by Crippen LogP contribution is -2.53. The molecular formula is C23H27N3O2. The van der Waals surface area contributed by atoms with Crippen LogP contribution in [0.3, 0.4) is 0 Å². The molecule has 2 heterocycles. The molecule has 2 aliphatic heterocycles. The Bertz CT molecular complexity index is 874. The number of aryl methyl sites for hydroxylation is 1. The summed E-state index contributed by atoms with van der Waals surface area (Å²) in [4.78, 5) is 17.2. The molecule has 3 aliphatic rings. The number of carbonyl (C=O) groups is 1. The molecule has 2 aromatic rings. The fourth-order valence-corrected chi connectivity index (χ4v) is 4.73. The lowest BCUT2D eigenvalue weighted by molar-refractivity contribution is 0.106. The van der Waals surface area contributed by atoms with E-state index in [0.717, 1.165) is 38.3 Å². The fourth-order valence-electron chi connectivity index (χ4n) is 4.73.